The van der Waals surface area contributed by atoms with Crippen molar-refractivity contribution in [2.75, 3.05) is 39.8 Å². The number of nitrogens with one attached hydrogen (secondary N) is 1. The van der Waals surface area contributed by atoms with Gasteiger partial charge in [0.05, 0.1) is 18.5 Å². The molecule has 0 aromatic heterocycles. The Hall–Kier alpha value is -3.51. The number of piperazine rings is 1. The van der Waals surface area contributed by atoms with Crippen molar-refractivity contribution in [1.29, 1.82) is 0 Å². The molecule has 0 spiro atoms. The maximum Gasteiger partial charge on any atom is 0.225 e. The summed E-state index contributed by atoms with van der Waals surface area (Å²) < 4.78 is 5.51. The lowest BCUT2D eigenvalue weighted by molar-refractivity contribution is -0.136. The number of allylic oxidation sites excluding steroid dienone is 2. The molecular weight excluding hydrogens is 436 g/mol. The van der Waals surface area contributed by atoms with Crippen LogP contribution in [0.3, 0.4) is 0 Å². The maximum atomic E-state index is 12.5. The van der Waals surface area contributed by atoms with E-state index in [-0.39, 0.29) is 18.0 Å². The minimum absolute atomic E-state index is 0.0467. The van der Waals surface area contributed by atoms with E-state index in [1.807, 2.05) is 36.9 Å². The highest BCUT2D eigenvalue weighted by molar-refractivity contribution is 5.79. The molecule has 0 saturated carbocycles. The predicted octanol–water partition coefficient (Wildman–Crippen LogP) is 4.01. The highest BCUT2D eigenvalue weighted by Gasteiger charge is 2.33. The molecule has 1 atom stereocenters. The number of ether oxygens (including phenoxy) is 1. The zero-order valence-electron chi connectivity index (χ0n) is 20.8. The smallest absolute Gasteiger partial charge is 0.225 e. The Bertz CT molecular complexity index is 1160. The number of hydrogen-bond donors (Lipinski definition) is 1. The molecule has 1 unspecified atom stereocenters. The van der Waals surface area contributed by atoms with Crippen molar-refractivity contribution in [3.05, 3.63) is 89.8 Å². The fourth-order valence-corrected chi connectivity index (χ4v) is 4.98. The first kappa shape index (κ1) is 23.2. The van der Waals surface area contributed by atoms with Crippen LogP contribution < -0.4 is 10.1 Å². The molecule has 182 valence electrons. The van der Waals surface area contributed by atoms with Crippen molar-refractivity contribution in [1.82, 2.24) is 20.0 Å². The van der Waals surface area contributed by atoms with Gasteiger partial charge in [-0.05, 0) is 29.3 Å². The van der Waals surface area contributed by atoms with Crippen molar-refractivity contribution in [2.24, 2.45) is 5.92 Å². The molecule has 1 saturated heterocycles. The van der Waals surface area contributed by atoms with Gasteiger partial charge in [-0.3, -0.25) is 9.69 Å². The Morgan fingerprint density at radius 2 is 1.77 bits per heavy atom. The Balaban J connectivity index is 1.44. The molecule has 2 aromatic rings. The monoisotopic (exact) mass is 470 g/mol. The van der Waals surface area contributed by atoms with Gasteiger partial charge in [0.25, 0.3) is 0 Å². The SMILES string of the molecule is COc1cccc(C2=C(CN3CCN(C(=O)C(C)C)CC3)N3C=C(c4ccccc4)C=CC3N2)c1. The van der Waals surface area contributed by atoms with Crippen LogP contribution >= 0.6 is 0 Å². The topological polar surface area (TPSA) is 48.1 Å². The number of amides is 1. The first-order chi connectivity index (χ1) is 17.0. The second kappa shape index (κ2) is 10.0. The van der Waals surface area contributed by atoms with Gasteiger partial charge >= 0.3 is 0 Å². The Labute approximate surface area is 208 Å². The third-order valence-electron chi connectivity index (χ3n) is 6.95. The Morgan fingerprint density at radius 1 is 1.03 bits per heavy atom. The van der Waals surface area contributed by atoms with Crippen molar-refractivity contribution in [3.8, 4) is 5.75 Å². The molecule has 5 rings (SSSR count). The second-order valence-electron chi connectivity index (χ2n) is 9.62. The Kier molecular flexibility index (Phi) is 6.64. The average Bonchev–Trinajstić information content (AvgIpc) is 3.26. The van der Waals surface area contributed by atoms with Crippen molar-refractivity contribution in [3.63, 3.8) is 0 Å². The minimum Gasteiger partial charge on any atom is -0.497 e. The predicted molar refractivity (Wildman–Crippen MR) is 140 cm³/mol. The van der Waals surface area contributed by atoms with Gasteiger partial charge in [-0.1, -0.05) is 62.4 Å². The quantitative estimate of drug-likeness (QED) is 0.692. The summed E-state index contributed by atoms with van der Waals surface area (Å²) in [5.41, 5.74) is 5.89. The average molecular weight is 471 g/mol. The summed E-state index contributed by atoms with van der Waals surface area (Å²) in [5, 5.41) is 3.74. The summed E-state index contributed by atoms with van der Waals surface area (Å²) in [7, 11) is 1.70. The van der Waals surface area contributed by atoms with Crippen molar-refractivity contribution < 1.29 is 9.53 Å². The normalized spacial score (nSPS) is 20.1. The molecule has 6 heteroatoms. The lowest BCUT2D eigenvalue weighted by Crippen LogP contribution is -2.50. The number of nitrogens with zero attached hydrogens (tertiary/aromatic N) is 3. The fourth-order valence-electron chi connectivity index (χ4n) is 4.98. The lowest BCUT2D eigenvalue weighted by atomic mass is 10.0. The van der Waals surface area contributed by atoms with Crippen molar-refractivity contribution >= 4 is 17.2 Å². The number of methoxy groups -OCH3 is 1. The van der Waals surface area contributed by atoms with E-state index in [4.69, 9.17) is 4.74 Å². The largest absolute Gasteiger partial charge is 0.497 e. The van der Waals surface area contributed by atoms with Crippen LogP contribution in [0.5, 0.6) is 5.75 Å². The molecule has 35 heavy (non-hydrogen) atoms. The summed E-state index contributed by atoms with van der Waals surface area (Å²) in [4.78, 5) is 19.3. The Morgan fingerprint density at radius 3 is 2.49 bits per heavy atom. The van der Waals surface area contributed by atoms with E-state index in [1.54, 1.807) is 7.11 Å². The lowest BCUT2D eigenvalue weighted by Gasteiger charge is -2.37. The van der Waals surface area contributed by atoms with Crippen LogP contribution in [0.25, 0.3) is 11.3 Å². The van der Waals surface area contributed by atoms with Crippen molar-refractivity contribution in [2.45, 2.75) is 20.0 Å². The van der Waals surface area contributed by atoms with Crippen LogP contribution in [-0.4, -0.2) is 66.6 Å². The van der Waals surface area contributed by atoms with Gasteiger partial charge in [-0.15, -0.1) is 0 Å². The summed E-state index contributed by atoms with van der Waals surface area (Å²) in [5.74, 6) is 1.14. The fraction of sp³-hybridized carbons (Fsp3) is 0.345. The van der Waals surface area contributed by atoms with Crippen LogP contribution in [0.1, 0.15) is 25.0 Å². The molecule has 1 N–H and O–H groups in total. The maximum absolute atomic E-state index is 12.5. The molecular formula is C29H34N4O2. The zero-order chi connectivity index (χ0) is 24.4. The number of rotatable bonds is 6. The summed E-state index contributed by atoms with van der Waals surface area (Å²) in [6, 6.07) is 18.7. The molecule has 1 fully saturated rings. The highest BCUT2D eigenvalue weighted by Crippen LogP contribution is 2.35. The standard InChI is InChI=1S/C29H34N4O2/c1-21(2)29(34)32-16-14-31(15-17-32)20-26-28(23-10-7-11-25(18-23)35-3)30-27-13-12-24(19-33(26)27)22-8-5-4-6-9-22/h4-13,18-19,21,27,30H,14-17,20H2,1-3H3. The molecule has 2 aromatic carbocycles. The summed E-state index contributed by atoms with van der Waals surface area (Å²) >= 11 is 0. The van der Waals surface area contributed by atoms with Crippen LogP contribution in [0.4, 0.5) is 0 Å². The van der Waals surface area contributed by atoms with Gasteiger partial charge < -0.3 is 19.9 Å². The van der Waals surface area contributed by atoms with E-state index in [1.165, 1.54) is 16.8 Å². The van der Waals surface area contributed by atoms with E-state index < -0.39 is 0 Å². The number of carbonyl (C=O) groups excluding carboxylic acids is 1. The van der Waals surface area contributed by atoms with Crippen LogP contribution in [0.15, 0.2) is 78.6 Å². The van der Waals surface area contributed by atoms with Crippen LogP contribution in [-0.2, 0) is 4.79 Å². The third kappa shape index (κ3) is 4.84. The molecule has 1 amide bonds. The van der Waals surface area contributed by atoms with Gasteiger partial charge in [0.2, 0.25) is 5.91 Å². The first-order valence-electron chi connectivity index (χ1n) is 12.4. The van der Waals surface area contributed by atoms with Gasteiger partial charge in [-0.2, -0.15) is 0 Å². The van der Waals surface area contributed by atoms with E-state index in [0.29, 0.717) is 0 Å². The van der Waals surface area contributed by atoms with E-state index in [9.17, 15) is 4.79 Å². The van der Waals surface area contributed by atoms with E-state index >= 15 is 0 Å². The number of benzene rings is 2. The minimum atomic E-state index is 0.0467. The van der Waals surface area contributed by atoms with Gasteiger partial charge in [-0.25, -0.2) is 0 Å². The van der Waals surface area contributed by atoms with Crippen LogP contribution in [0.2, 0.25) is 0 Å². The number of hydrogen-bond acceptors (Lipinski definition) is 5. The molecule has 3 aliphatic rings. The highest BCUT2D eigenvalue weighted by atomic mass is 16.5. The first-order valence-corrected chi connectivity index (χ1v) is 12.4. The molecule has 3 heterocycles. The molecule has 0 bridgehead atoms. The number of carbonyl (C=O) groups is 1. The number of fused-ring (bicyclic) bond motifs is 1. The molecule has 0 radical (unpaired) electrons. The van der Waals surface area contributed by atoms with Crippen LogP contribution in [0, 0.1) is 5.92 Å². The second-order valence-corrected chi connectivity index (χ2v) is 9.62. The molecule has 3 aliphatic heterocycles. The zero-order valence-corrected chi connectivity index (χ0v) is 20.8. The summed E-state index contributed by atoms with van der Waals surface area (Å²) in [6.45, 7) is 8.07. The van der Waals surface area contributed by atoms with E-state index in [2.05, 4.69) is 69.9 Å². The van der Waals surface area contributed by atoms with Gasteiger partial charge in [0.1, 0.15) is 11.9 Å². The molecule has 6 nitrogen and oxygen atoms in total. The third-order valence-corrected chi connectivity index (χ3v) is 6.95. The van der Waals surface area contributed by atoms with Gasteiger partial charge in [0.15, 0.2) is 0 Å². The summed E-state index contributed by atoms with van der Waals surface area (Å²) in [6.07, 6.45) is 6.76. The molecule has 0 aliphatic carbocycles. The van der Waals surface area contributed by atoms with E-state index in [0.717, 1.165) is 49.7 Å². The van der Waals surface area contributed by atoms with Gasteiger partial charge in [0, 0.05) is 50.4 Å².